The normalized spacial score (nSPS) is 22.0. The van der Waals surface area contributed by atoms with Crippen LogP contribution in [-0.4, -0.2) is 52.4 Å². The fourth-order valence-electron chi connectivity index (χ4n) is 4.24. The van der Waals surface area contributed by atoms with E-state index < -0.39 is 0 Å². The van der Waals surface area contributed by atoms with E-state index in [1.165, 1.54) is 36.3 Å². The molecular formula is C21H29N5. The van der Waals surface area contributed by atoms with Crippen LogP contribution in [0.4, 0.5) is 0 Å². The lowest BCUT2D eigenvalue weighted by atomic mass is 9.96. The van der Waals surface area contributed by atoms with Gasteiger partial charge in [0.1, 0.15) is 11.6 Å². The minimum absolute atomic E-state index is 0.507. The maximum absolute atomic E-state index is 4.59. The average Bonchev–Trinajstić information content (AvgIpc) is 2.91. The number of hydrogen-bond acceptors (Lipinski definition) is 4. The van der Waals surface area contributed by atoms with Gasteiger partial charge in [-0.15, -0.1) is 10.2 Å². The molecule has 1 aromatic carbocycles. The first-order valence-corrected chi connectivity index (χ1v) is 9.87. The molecule has 1 atom stereocenters. The van der Waals surface area contributed by atoms with E-state index in [1.54, 1.807) is 0 Å². The third kappa shape index (κ3) is 4.05. The molecule has 1 aromatic heterocycles. The summed E-state index contributed by atoms with van der Waals surface area (Å²) >= 11 is 0. The summed E-state index contributed by atoms with van der Waals surface area (Å²) in [6.07, 6.45) is 5.76. The van der Waals surface area contributed by atoms with Gasteiger partial charge < -0.3 is 9.88 Å². The minimum atomic E-state index is 0.507. The summed E-state index contributed by atoms with van der Waals surface area (Å²) in [5, 5.41) is 12.5. The second kappa shape index (κ2) is 8.14. The van der Waals surface area contributed by atoms with Gasteiger partial charge >= 0.3 is 0 Å². The highest BCUT2D eigenvalue weighted by Gasteiger charge is 2.27. The molecule has 4 rings (SSSR count). The molecule has 1 saturated heterocycles. The number of fused-ring (bicyclic) bond motifs is 1. The smallest absolute Gasteiger partial charge is 0.137 e. The second-order valence-corrected chi connectivity index (χ2v) is 7.60. The summed E-state index contributed by atoms with van der Waals surface area (Å²) in [7, 11) is 0. The first kappa shape index (κ1) is 17.4. The number of aromatic nitrogens is 3. The Kier molecular flexibility index (Phi) is 5.46. The zero-order valence-corrected chi connectivity index (χ0v) is 15.7. The second-order valence-electron chi connectivity index (χ2n) is 7.60. The van der Waals surface area contributed by atoms with Gasteiger partial charge in [0.05, 0.1) is 0 Å². The first-order chi connectivity index (χ1) is 12.8. The lowest BCUT2D eigenvalue weighted by Gasteiger charge is -2.32. The van der Waals surface area contributed by atoms with Gasteiger partial charge in [-0.05, 0) is 31.9 Å². The fraction of sp³-hybridized carbons (Fsp3) is 0.524. The van der Waals surface area contributed by atoms with Crippen LogP contribution >= 0.6 is 0 Å². The van der Waals surface area contributed by atoms with Crippen molar-refractivity contribution < 1.29 is 0 Å². The molecule has 2 aliphatic rings. The molecule has 1 N–H and O–H groups in total. The Morgan fingerprint density at radius 3 is 2.96 bits per heavy atom. The Balaban J connectivity index is 1.43. The number of hydrogen-bond donors (Lipinski definition) is 1. The van der Waals surface area contributed by atoms with Gasteiger partial charge in [-0.2, -0.15) is 0 Å². The van der Waals surface area contributed by atoms with E-state index >= 15 is 0 Å². The maximum Gasteiger partial charge on any atom is 0.137 e. The van der Waals surface area contributed by atoms with E-state index in [0.717, 1.165) is 45.0 Å². The molecule has 0 bridgehead atoms. The van der Waals surface area contributed by atoms with E-state index in [1.807, 2.05) is 0 Å². The van der Waals surface area contributed by atoms with E-state index in [-0.39, 0.29) is 0 Å². The Morgan fingerprint density at radius 2 is 2.08 bits per heavy atom. The van der Waals surface area contributed by atoms with Crippen LogP contribution in [0.2, 0.25) is 0 Å². The average molecular weight is 351 g/mol. The van der Waals surface area contributed by atoms with Crippen molar-refractivity contribution in [2.75, 3.05) is 32.7 Å². The molecule has 0 amide bonds. The van der Waals surface area contributed by atoms with Crippen LogP contribution in [0.5, 0.6) is 0 Å². The molecule has 0 saturated carbocycles. The summed E-state index contributed by atoms with van der Waals surface area (Å²) in [5.74, 6) is 2.87. The van der Waals surface area contributed by atoms with Gasteiger partial charge in [0.15, 0.2) is 0 Å². The number of piperidine rings is 1. The van der Waals surface area contributed by atoms with E-state index in [9.17, 15) is 0 Å². The highest BCUT2D eigenvalue weighted by Crippen LogP contribution is 2.27. The first-order valence-electron chi connectivity index (χ1n) is 9.87. The third-order valence-electron chi connectivity index (χ3n) is 5.45. The summed E-state index contributed by atoms with van der Waals surface area (Å²) in [6.45, 7) is 8.58. The van der Waals surface area contributed by atoms with Crippen molar-refractivity contribution in [2.45, 2.75) is 38.6 Å². The lowest BCUT2D eigenvalue weighted by molar-refractivity contribution is 0.217. The highest BCUT2D eigenvalue weighted by molar-refractivity contribution is 5.52. The van der Waals surface area contributed by atoms with Crippen molar-refractivity contribution in [1.29, 1.82) is 0 Å². The third-order valence-corrected chi connectivity index (χ3v) is 5.45. The van der Waals surface area contributed by atoms with Crippen LogP contribution in [0.25, 0.3) is 6.08 Å². The number of nitrogens with zero attached hydrogens (tertiary/aromatic N) is 4. The summed E-state index contributed by atoms with van der Waals surface area (Å²) < 4.78 is 2.38. The molecule has 138 valence electrons. The van der Waals surface area contributed by atoms with Crippen LogP contribution in [0.15, 0.2) is 35.9 Å². The molecule has 5 nitrogen and oxygen atoms in total. The van der Waals surface area contributed by atoms with Crippen molar-refractivity contribution in [1.82, 2.24) is 25.0 Å². The fourth-order valence-corrected chi connectivity index (χ4v) is 4.24. The van der Waals surface area contributed by atoms with Gasteiger partial charge in [0.2, 0.25) is 0 Å². The van der Waals surface area contributed by atoms with Crippen LogP contribution in [0, 0.1) is 0 Å². The summed E-state index contributed by atoms with van der Waals surface area (Å²) in [5.41, 5.74) is 2.70. The molecule has 5 heteroatoms. The number of likely N-dealkylation sites (tertiary alicyclic amines) is 1. The van der Waals surface area contributed by atoms with Crippen LogP contribution in [0.3, 0.4) is 0 Å². The van der Waals surface area contributed by atoms with Crippen molar-refractivity contribution in [3.8, 4) is 0 Å². The molecule has 2 aliphatic heterocycles. The predicted octanol–water partition coefficient (Wildman–Crippen LogP) is 2.71. The zero-order valence-electron chi connectivity index (χ0n) is 15.7. The van der Waals surface area contributed by atoms with Crippen molar-refractivity contribution in [3.63, 3.8) is 0 Å². The van der Waals surface area contributed by atoms with Crippen molar-refractivity contribution in [2.24, 2.45) is 0 Å². The number of benzene rings is 1. The van der Waals surface area contributed by atoms with Gasteiger partial charge in [-0.25, -0.2) is 0 Å². The van der Waals surface area contributed by atoms with E-state index in [4.69, 9.17) is 0 Å². The predicted molar refractivity (Wildman–Crippen MR) is 105 cm³/mol. The van der Waals surface area contributed by atoms with Crippen molar-refractivity contribution >= 4 is 6.08 Å². The zero-order chi connectivity index (χ0) is 17.8. The number of nitrogens with one attached hydrogen (secondary N) is 1. The topological polar surface area (TPSA) is 46.0 Å². The SMILES string of the molecule is C/C(=C\c1ccccc1)CN1CCC[C@@H](c2nnc3n2CCNCC3)C1. The largest absolute Gasteiger partial charge is 0.315 e. The van der Waals surface area contributed by atoms with Gasteiger partial charge in [0, 0.05) is 45.1 Å². The minimum Gasteiger partial charge on any atom is -0.315 e. The Labute approximate surface area is 156 Å². The van der Waals surface area contributed by atoms with Gasteiger partial charge in [-0.3, -0.25) is 4.90 Å². The van der Waals surface area contributed by atoms with Crippen LogP contribution < -0.4 is 5.32 Å². The molecule has 0 unspecified atom stereocenters. The van der Waals surface area contributed by atoms with Gasteiger partial charge in [-0.1, -0.05) is 42.0 Å². The summed E-state index contributed by atoms with van der Waals surface area (Å²) in [4.78, 5) is 2.58. The maximum atomic E-state index is 4.59. The lowest BCUT2D eigenvalue weighted by Crippen LogP contribution is -2.36. The monoisotopic (exact) mass is 351 g/mol. The molecule has 3 heterocycles. The molecule has 1 fully saturated rings. The molecule has 0 aliphatic carbocycles. The molecule has 2 aromatic rings. The molecular weight excluding hydrogens is 322 g/mol. The van der Waals surface area contributed by atoms with Crippen molar-refractivity contribution in [3.05, 3.63) is 53.1 Å². The van der Waals surface area contributed by atoms with Crippen LogP contribution in [0.1, 0.15) is 42.9 Å². The highest BCUT2D eigenvalue weighted by atomic mass is 15.3. The quantitative estimate of drug-likeness (QED) is 0.920. The number of rotatable bonds is 4. The van der Waals surface area contributed by atoms with Crippen LogP contribution in [-0.2, 0) is 13.0 Å². The Hall–Kier alpha value is -1.98. The molecule has 26 heavy (non-hydrogen) atoms. The summed E-state index contributed by atoms with van der Waals surface area (Å²) in [6, 6.07) is 10.6. The molecule has 0 radical (unpaired) electrons. The van der Waals surface area contributed by atoms with E-state index in [2.05, 4.69) is 68.3 Å². The Morgan fingerprint density at radius 1 is 1.19 bits per heavy atom. The standard InChI is InChI=1S/C21H29N5/c1-17(14-18-6-3-2-4-7-18)15-25-12-5-8-19(16-25)21-24-23-20-9-10-22-11-13-26(20)21/h2-4,6-7,14,19,22H,5,8-13,15-16H2,1H3/b17-14+/t19-/m1/s1. The molecule has 0 spiro atoms. The van der Waals surface area contributed by atoms with Gasteiger partial charge in [0.25, 0.3) is 0 Å². The van der Waals surface area contributed by atoms with E-state index in [0.29, 0.717) is 5.92 Å². The Bertz CT molecular complexity index is 749.